The molecule has 2 aromatic rings. The molecule has 8 heteroatoms. The lowest BCUT2D eigenvalue weighted by Gasteiger charge is -2.23. The van der Waals surface area contributed by atoms with E-state index in [2.05, 4.69) is 10.6 Å². The summed E-state index contributed by atoms with van der Waals surface area (Å²) < 4.78 is 18.2. The third-order valence-electron chi connectivity index (χ3n) is 5.20. The van der Waals surface area contributed by atoms with E-state index in [9.17, 15) is 18.8 Å². The zero-order valence-electron chi connectivity index (χ0n) is 17.1. The van der Waals surface area contributed by atoms with Crippen LogP contribution in [0.15, 0.2) is 42.5 Å². The van der Waals surface area contributed by atoms with Crippen LogP contribution < -0.4 is 15.4 Å². The zero-order valence-corrected chi connectivity index (χ0v) is 17.1. The first-order valence-corrected chi connectivity index (χ1v) is 9.55. The lowest BCUT2D eigenvalue weighted by atomic mass is 9.90. The highest BCUT2D eigenvalue weighted by Gasteiger charge is 2.49. The number of amides is 4. The van der Waals surface area contributed by atoms with Crippen molar-refractivity contribution in [2.75, 3.05) is 20.2 Å². The Labute approximate surface area is 174 Å². The Morgan fingerprint density at radius 2 is 1.90 bits per heavy atom. The Morgan fingerprint density at radius 3 is 2.53 bits per heavy atom. The number of hydrogen-bond donors (Lipinski definition) is 2. The number of nitrogens with one attached hydrogen (secondary N) is 2. The van der Waals surface area contributed by atoms with Gasteiger partial charge in [0.1, 0.15) is 23.7 Å². The summed E-state index contributed by atoms with van der Waals surface area (Å²) in [5.41, 5.74) is 1.05. The highest BCUT2D eigenvalue weighted by molar-refractivity contribution is 6.09. The maximum Gasteiger partial charge on any atom is 0.325 e. The minimum absolute atomic E-state index is 0.309. The molecule has 1 heterocycles. The van der Waals surface area contributed by atoms with Gasteiger partial charge in [0.15, 0.2) is 0 Å². The van der Waals surface area contributed by atoms with Gasteiger partial charge < -0.3 is 15.4 Å². The predicted octanol–water partition coefficient (Wildman–Crippen LogP) is 2.27. The molecule has 0 bridgehead atoms. The summed E-state index contributed by atoms with van der Waals surface area (Å²) in [6.07, 6.45) is 0.509. The standard InChI is InChI=1S/C22H24FN3O4/c1-14-12-16(6-9-18(14)30-3)22(2)20(28)26(21(29)25-22)13-19(27)24-11-10-15-4-7-17(23)8-5-15/h4-9,12H,10-11,13H2,1-3H3,(H,24,27)(H,25,29). The van der Waals surface area contributed by atoms with Crippen LogP contribution in [0.2, 0.25) is 0 Å². The lowest BCUT2D eigenvalue weighted by molar-refractivity contribution is -0.134. The summed E-state index contributed by atoms with van der Waals surface area (Å²) in [6.45, 7) is 3.39. The first kappa shape index (κ1) is 21.3. The fraction of sp³-hybridized carbons (Fsp3) is 0.318. The van der Waals surface area contributed by atoms with Gasteiger partial charge in [-0.3, -0.25) is 14.5 Å². The summed E-state index contributed by atoms with van der Waals surface area (Å²) in [4.78, 5) is 38.5. The molecule has 7 nitrogen and oxygen atoms in total. The Hall–Kier alpha value is -3.42. The molecule has 1 fully saturated rings. The zero-order chi connectivity index (χ0) is 21.9. The Bertz CT molecular complexity index is 977. The van der Waals surface area contributed by atoms with Crippen LogP contribution >= 0.6 is 0 Å². The fourth-order valence-corrected chi connectivity index (χ4v) is 3.42. The highest BCUT2D eigenvalue weighted by atomic mass is 19.1. The van der Waals surface area contributed by atoms with E-state index in [0.29, 0.717) is 24.3 Å². The monoisotopic (exact) mass is 413 g/mol. The van der Waals surface area contributed by atoms with Crippen molar-refractivity contribution in [2.45, 2.75) is 25.8 Å². The van der Waals surface area contributed by atoms with E-state index in [1.165, 1.54) is 12.1 Å². The molecular formula is C22H24FN3O4. The molecule has 2 aromatic carbocycles. The summed E-state index contributed by atoms with van der Waals surface area (Å²) in [5.74, 6) is -0.588. The van der Waals surface area contributed by atoms with Gasteiger partial charge in [-0.1, -0.05) is 18.2 Å². The SMILES string of the molecule is COc1ccc(C2(C)NC(=O)N(CC(=O)NCCc3ccc(F)cc3)C2=O)cc1C. The van der Waals surface area contributed by atoms with Gasteiger partial charge in [0.2, 0.25) is 5.91 Å². The van der Waals surface area contributed by atoms with E-state index in [0.717, 1.165) is 16.0 Å². The number of imide groups is 1. The van der Waals surface area contributed by atoms with Crippen LogP contribution in [0.5, 0.6) is 5.75 Å². The molecule has 0 saturated carbocycles. The number of ether oxygens (including phenoxy) is 1. The number of halogens is 1. The van der Waals surface area contributed by atoms with Crippen molar-refractivity contribution in [1.29, 1.82) is 0 Å². The lowest BCUT2D eigenvalue weighted by Crippen LogP contribution is -2.43. The van der Waals surface area contributed by atoms with Crippen molar-refractivity contribution in [3.05, 3.63) is 65.0 Å². The molecule has 1 unspecified atom stereocenters. The van der Waals surface area contributed by atoms with Crippen LogP contribution in [0.1, 0.15) is 23.6 Å². The largest absolute Gasteiger partial charge is 0.496 e. The second-order valence-corrected chi connectivity index (χ2v) is 7.36. The molecule has 1 aliphatic heterocycles. The summed E-state index contributed by atoms with van der Waals surface area (Å²) in [6, 6.07) is 10.6. The van der Waals surface area contributed by atoms with E-state index >= 15 is 0 Å². The van der Waals surface area contributed by atoms with Gasteiger partial charge in [-0.15, -0.1) is 0 Å². The van der Waals surface area contributed by atoms with Gasteiger partial charge in [-0.2, -0.15) is 0 Å². The van der Waals surface area contributed by atoms with Crippen molar-refractivity contribution in [2.24, 2.45) is 0 Å². The molecule has 1 saturated heterocycles. The fourth-order valence-electron chi connectivity index (χ4n) is 3.42. The van der Waals surface area contributed by atoms with E-state index in [4.69, 9.17) is 4.74 Å². The third kappa shape index (κ3) is 4.27. The Kier molecular flexibility index (Phi) is 6.05. The smallest absolute Gasteiger partial charge is 0.325 e. The normalized spacial score (nSPS) is 18.3. The summed E-state index contributed by atoms with van der Waals surface area (Å²) >= 11 is 0. The molecule has 30 heavy (non-hydrogen) atoms. The molecule has 0 spiro atoms. The molecule has 4 amide bonds. The number of hydrogen-bond acceptors (Lipinski definition) is 4. The Morgan fingerprint density at radius 1 is 1.20 bits per heavy atom. The third-order valence-corrected chi connectivity index (χ3v) is 5.20. The van der Waals surface area contributed by atoms with Gasteiger partial charge in [0.25, 0.3) is 5.91 Å². The van der Waals surface area contributed by atoms with Crippen LogP contribution in [0.4, 0.5) is 9.18 Å². The maximum atomic E-state index is 13.0. The molecular weight excluding hydrogens is 389 g/mol. The number of carbonyl (C=O) groups is 3. The van der Waals surface area contributed by atoms with Crippen LogP contribution in [0, 0.1) is 12.7 Å². The van der Waals surface area contributed by atoms with Crippen molar-refractivity contribution in [3.63, 3.8) is 0 Å². The first-order chi connectivity index (χ1) is 14.2. The highest BCUT2D eigenvalue weighted by Crippen LogP contribution is 2.31. The molecule has 1 aliphatic rings. The quantitative estimate of drug-likeness (QED) is 0.682. The molecule has 1 atom stereocenters. The van der Waals surface area contributed by atoms with Crippen LogP contribution in [-0.4, -0.2) is 42.9 Å². The maximum absolute atomic E-state index is 13.0. The van der Waals surface area contributed by atoms with E-state index in [-0.39, 0.29) is 12.4 Å². The van der Waals surface area contributed by atoms with Gasteiger partial charge in [0, 0.05) is 6.54 Å². The number of benzene rings is 2. The first-order valence-electron chi connectivity index (χ1n) is 9.55. The minimum atomic E-state index is -1.26. The molecule has 158 valence electrons. The summed E-state index contributed by atoms with van der Waals surface area (Å²) in [7, 11) is 1.56. The summed E-state index contributed by atoms with van der Waals surface area (Å²) in [5, 5.41) is 5.37. The second-order valence-electron chi connectivity index (χ2n) is 7.36. The van der Waals surface area contributed by atoms with Crippen LogP contribution in [-0.2, 0) is 21.5 Å². The van der Waals surface area contributed by atoms with Crippen molar-refractivity contribution in [3.8, 4) is 5.75 Å². The molecule has 2 N–H and O–H groups in total. The number of methoxy groups -OCH3 is 1. The average molecular weight is 413 g/mol. The van der Waals surface area contributed by atoms with Crippen molar-refractivity contribution >= 4 is 17.8 Å². The predicted molar refractivity (Wildman–Crippen MR) is 108 cm³/mol. The van der Waals surface area contributed by atoms with Gasteiger partial charge in [-0.05, 0) is 61.2 Å². The van der Waals surface area contributed by atoms with Crippen LogP contribution in [0.25, 0.3) is 0 Å². The molecule has 3 rings (SSSR count). The Balaban J connectivity index is 1.62. The molecule has 0 aromatic heterocycles. The number of carbonyl (C=O) groups excluding carboxylic acids is 3. The topological polar surface area (TPSA) is 87.7 Å². The van der Waals surface area contributed by atoms with Gasteiger partial charge in [0.05, 0.1) is 7.11 Å². The van der Waals surface area contributed by atoms with Crippen molar-refractivity contribution < 1.29 is 23.5 Å². The minimum Gasteiger partial charge on any atom is -0.496 e. The number of nitrogens with zero attached hydrogens (tertiary/aromatic N) is 1. The number of urea groups is 1. The second kappa shape index (κ2) is 8.52. The molecule has 0 radical (unpaired) electrons. The van der Waals surface area contributed by atoms with E-state index < -0.39 is 23.4 Å². The van der Waals surface area contributed by atoms with Crippen molar-refractivity contribution in [1.82, 2.24) is 15.5 Å². The number of aryl methyl sites for hydroxylation is 1. The van der Waals surface area contributed by atoms with Gasteiger partial charge >= 0.3 is 6.03 Å². The molecule has 0 aliphatic carbocycles. The van der Waals surface area contributed by atoms with Gasteiger partial charge in [-0.25, -0.2) is 9.18 Å². The van der Waals surface area contributed by atoms with E-state index in [1.54, 1.807) is 44.4 Å². The number of rotatable bonds is 7. The van der Waals surface area contributed by atoms with E-state index in [1.807, 2.05) is 6.92 Å². The van der Waals surface area contributed by atoms with Crippen LogP contribution in [0.3, 0.4) is 0 Å². The average Bonchev–Trinajstić information content (AvgIpc) is 2.93.